The molecule has 0 radical (unpaired) electrons. The molecule has 0 spiro atoms. The van der Waals surface area contributed by atoms with Gasteiger partial charge in [-0.1, -0.05) is 120 Å². The van der Waals surface area contributed by atoms with E-state index in [2.05, 4.69) is 191 Å². The van der Waals surface area contributed by atoms with E-state index in [0.29, 0.717) is 0 Å². The van der Waals surface area contributed by atoms with Crippen molar-refractivity contribution < 1.29 is 4.74 Å². The fraction of sp³-hybridized carbons (Fsp3) is 0. The highest BCUT2D eigenvalue weighted by molar-refractivity contribution is 6.68. The summed E-state index contributed by atoms with van der Waals surface area (Å²) in [6, 6.07) is 56.1. The predicted molar refractivity (Wildman–Crippen MR) is 257 cm³/mol. The summed E-state index contributed by atoms with van der Waals surface area (Å²) < 4.78 is 6.87. The van der Waals surface area contributed by atoms with Crippen LogP contribution in [0.3, 0.4) is 0 Å². The van der Waals surface area contributed by atoms with Crippen LogP contribution in [-0.4, -0.2) is 39.2 Å². The van der Waals surface area contributed by atoms with Gasteiger partial charge in [-0.25, -0.2) is 0 Å². The first-order chi connectivity index (χ1) is 27.4. The maximum Gasteiger partial charge on any atom is 0.139 e. The van der Waals surface area contributed by atoms with E-state index < -0.39 is 0 Å². The molecule has 0 unspecified atom stereocenters. The van der Waals surface area contributed by atoms with Gasteiger partial charge in [-0.3, -0.25) is 0 Å². The molecule has 0 saturated carbocycles. The molecule has 10 aromatic carbocycles. The van der Waals surface area contributed by atoms with Gasteiger partial charge in [0, 0.05) is 10.9 Å². The molecule has 0 aliphatic carbocycles. The van der Waals surface area contributed by atoms with Crippen LogP contribution in [0.4, 0.5) is 0 Å². The van der Waals surface area contributed by atoms with E-state index >= 15 is 0 Å². The fourth-order valence-corrected chi connectivity index (χ4v) is 9.72. The van der Waals surface area contributed by atoms with Gasteiger partial charge in [0.05, 0.1) is 0 Å². The van der Waals surface area contributed by atoms with Crippen molar-refractivity contribution in [3.8, 4) is 56.0 Å². The SMILES string of the molecule is Bc1c(B)c(B)c(-c2ccc3c(c2)Oc2cccc4c2c-3cc2c3ccccc3c(-c3cc5ccc(-c6ccccc6)cc5c5ccccc35)cc42)c(B)c1B. The summed E-state index contributed by atoms with van der Waals surface area (Å²) in [4.78, 5) is 0. The Labute approximate surface area is 331 Å². The molecular weight excluding hydrogens is 671 g/mol. The molecular formula is C50H35B5O. The maximum atomic E-state index is 6.87. The van der Waals surface area contributed by atoms with Gasteiger partial charge < -0.3 is 4.74 Å². The molecule has 0 bridgehead atoms. The van der Waals surface area contributed by atoms with Crippen molar-refractivity contribution in [1.29, 1.82) is 0 Å². The first kappa shape index (κ1) is 33.0. The largest absolute Gasteiger partial charge is 0.456 e. The lowest BCUT2D eigenvalue weighted by Crippen LogP contribution is -2.55. The Hall–Kier alpha value is -6.38. The number of fused-ring (bicyclic) bond motifs is 9. The van der Waals surface area contributed by atoms with Crippen LogP contribution in [0.25, 0.3) is 98.4 Å². The summed E-state index contributed by atoms with van der Waals surface area (Å²) in [7, 11) is 11.3. The minimum absolute atomic E-state index is 0.911. The van der Waals surface area contributed by atoms with Crippen molar-refractivity contribution >= 4 is 120 Å². The van der Waals surface area contributed by atoms with Gasteiger partial charge in [0.2, 0.25) is 0 Å². The Bertz CT molecular complexity index is 3310. The van der Waals surface area contributed by atoms with E-state index in [0.717, 1.165) is 17.1 Å². The van der Waals surface area contributed by atoms with Gasteiger partial charge in [-0.2, -0.15) is 0 Å². The van der Waals surface area contributed by atoms with Crippen LogP contribution in [0.1, 0.15) is 0 Å². The van der Waals surface area contributed by atoms with Crippen molar-refractivity contribution in [2.24, 2.45) is 0 Å². The molecule has 1 aliphatic rings. The van der Waals surface area contributed by atoms with Gasteiger partial charge in [-0.15, -0.1) is 16.4 Å². The molecule has 0 aromatic heterocycles. The van der Waals surface area contributed by atoms with Crippen LogP contribution in [0.15, 0.2) is 152 Å². The monoisotopic (exact) mass is 706 g/mol. The third kappa shape index (κ3) is 4.75. The van der Waals surface area contributed by atoms with Crippen LogP contribution >= 0.6 is 0 Å². The van der Waals surface area contributed by atoms with E-state index in [1.165, 1.54) is 120 Å². The fourth-order valence-electron chi connectivity index (χ4n) is 9.72. The van der Waals surface area contributed by atoms with E-state index in [4.69, 9.17) is 4.74 Å². The molecule has 10 aromatic rings. The number of rotatable bonds is 3. The smallest absolute Gasteiger partial charge is 0.139 e. The van der Waals surface area contributed by atoms with Crippen molar-refractivity contribution in [2.45, 2.75) is 0 Å². The van der Waals surface area contributed by atoms with Crippen molar-refractivity contribution in [2.75, 3.05) is 0 Å². The lowest BCUT2D eigenvalue weighted by atomic mass is 9.59. The van der Waals surface area contributed by atoms with Crippen LogP contribution in [0.2, 0.25) is 0 Å². The summed E-state index contributed by atoms with van der Waals surface area (Å²) in [6.07, 6.45) is 0. The lowest BCUT2D eigenvalue weighted by Gasteiger charge is -2.25. The molecule has 6 heteroatoms. The minimum atomic E-state index is 0.911. The third-order valence-electron chi connectivity index (χ3n) is 13.0. The predicted octanol–water partition coefficient (Wildman–Crippen LogP) is 5.52. The second kappa shape index (κ2) is 12.3. The molecule has 1 aliphatic heterocycles. The van der Waals surface area contributed by atoms with Crippen LogP contribution in [0, 0.1) is 0 Å². The standard InChI is InChI=1S/C50H35B5O/c51-46-44(47(52)49(54)50(55)48(46)53)29-19-20-34-41-25-39-33-14-7-6-13-32(33)38(24-40(39)35-15-8-16-42(45(35)41)56-43(34)23-29)37-22-28-18-17-27(26-9-2-1-3-10-26)21-36(28)30-11-4-5-12-31(30)37/h1-25H,51-55H2. The van der Waals surface area contributed by atoms with Gasteiger partial charge in [-0.05, 0) is 130 Å². The summed E-state index contributed by atoms with van der Waals surface area (Å²) >= 11 is 0. The number of hydrogen-bond donors (Lipinski definition) is 0. The summed E-state index contributed by atoms with van der Waals surface area (Å²) in [5.74, 6) is 1.82. The summed E-state index contributed by atoms with van der Waals surface area (Å²) in [5, 5.41) is 12.4. The topological polar surface area (TPSA) is 9.23 Å². The molecule has 256 valence electrons. The normalized spacial score (nSPS) is 12.1. The summed E-state index contributed by atoms with van der Waals surface area (Å²) in [6.45, 7) is 0. The van der Waals surface area contributed by atoms with Gasteiger partial charge in [0.1, 0.15) is 50.7 Å². The average Bonchev–Trinajstić information content (AvgIpc) is 3.24. The molecule has 0 N–H and O–H groups in total. The minimum Gasteiger partial charge on any atom is -0.456 e. The van der Waals surface area contributed by atoms with Crippen LogP contribution in [0.5, 0.6) is 11.5 Å². The molecule has 0 saturated heterocycles. The Morgan fingerprint density at radius 3 is 1.61 bits per heavy atom. The molecule has 0 fully saturated rings. The molecule has 11 rings (SSSR count). The zero-order valence-corrected chi connectivity index (χ0v) is 32.3. The highest BCUT2D eigenvalue weighted by Gasteiger charge is 2.25. The number of hydrogen-bond acceptors (Lipinski definition) is 1. The quantitative estimate of drug-likeness (QED) is 0.174. The van der Waals surface area contributed by atoms with Gasteiger partial charge in [0.25, 0.3) is 0 Å². The Morgan fingerprint density at radius 1 is 0.304 bits per heavy atom. The van der Waals surface area contributed by atoms with Crippen molar-refractivity contribution in [3.05, 3.63) is 152 Å². The summed E-state index contributed by atoms with van der Waals surface area (Å²) in [5.41, 5.74) is 16.6. The second-order valence-corrected chi connectivity index (χ2v) is 15.8. The Morgan fingerprint density at radius 2 is 0.875 bits per heavy atom. The van der Waals surface area contributed by atoms with E-state index in [9.17, 15) is 0 Å². The zero-order chi connectivity index (χ0) is 37.8. The van der Waals surface area contributed by atoms with Gasteiger partial charge >= 0.3 is 0 Å². The van der Waals surface area contributed by atoms with E-state index in [1.807, 2.05) is 0 Å². The van der Waals surface area contributed by atoms with Crippen molar-refractivity contribution in [1.82, 2.24) is 0 Å². The average molecular weight is 706 g/mol. The van der Waals surface area contributed by atoms with Crippen LogP contribution < -0.4 is 32.1 Å². The van der Waals surface area contributed by atoms with Crippen molar-refractivity contribution in [3.63, 3.8) is 0 Å². The molecule has 1 heterocycles. The third-order valence-corrected chi connectivity index (χ3v) is 13.0. The lowest BCUT2D eigenvalue weighted by molar-refractivity contribution is 0.487. The van der Waals surface area contributed by atoms with E-state index in [1.54, 1.807) is 0 Å². The highest BCUT2D eigenvalue weighted by Crippen LogP contribution is 2.51. The second-order valence-electron chi connectivity index (χ2n) is 15.8. The zero-order valence-electron chi connectivity index (χ0n) is 32.3. The molecule has 0 atom stereocenters. The van der Waals surface area contributed by atoms with Crippen LogP contribution in [-0.2, 0) is 0 Å². The number of ether oxygens (including phenoxy) is 1. The molecule has 56 heavy (non-hydrogen) atoms. The molecule has 0 amide bonds. The Kier molecular flexibility index (Phi) is 7.26. The maximum absolute atomic E-state index is 6.87. The van der Waals surface area contributed by atoms with E-state index in [-0.39, 0.29) is 0 Å². The first-order valence-corrected chi connectivity index (χ1v) is 19.7. The molecule has 1 nitrogen and oxygen atoms in total. The Balaban J connectivity index is 1.15. The van der Waals surface area contributed by atoms with Gasteiger partial charge in [0.15, 0.2) is 0 Å². The first-order valence-electron chi connectivity index (χ1n) is 19.7. The highest BCUT2D eigenvalue weighted by atomic mass is 16.5. The number of benzene rings is 10.